The van der Waals surface area contributed by atoms with Crippen LogP contribution < -0.4 is 22.1 Å². The Bertz CT molecular complexity index is 406. The molecule has 2 rings (SSSR count). The first-order valence-electron chi connectivity index (χ1n) is 5.20. The van der Waals surface area contributed by atoms with E-state index >= 15 is 0 Å². The van der Waals surface area contributed by atoms with Crippen molar-refractivity contribution in [3.05, 3.63) is 12.1 Å². The maximum absolute atomic E-state index is 11.0. The molecule has 16 heavy (non-hydrogen) atoms. The highest BCUT2D eigenvalue weighted by atomic mass is 16.1. The Hall–Kier alpha value is -1.98. The molecule has 1 aliphatic rings. The fourth-order valence-corrected chi connectivity index (χ4v) is 1.64. The van der Waals surface area contributed by atoms with Crippen LogP contribution in [-0.2, 0) is 4.79 Å². The van der Waals surface area contributed by atoms with Crippen molar-refractivity contribution in [2.45, 2.75) is 18.9 Å². The summed E-state index contributed by atoms with van der Waals surface area (Å²) < 4.78 is 0. The first-order chi connectivity index (χ1) is 7.65. The van der Waals surface area contributed by atoms with E-state index in [9.17, 15) is 4.79 Å². The number of nitrogen functional groups attached to an aromatic ring is 2. The molecule has 1 unspecified atom stereocenters. The maximum Gasteiger partial charge on any atom is 0.220 e. The van der Waals surface area contributed by atoms with Crippen molar-refractivity contribution in [2.75, 3.05) is 23.3 Å². The van der Waals surface area contributed by atoms with E-state index in [2.05, 4.69) is 15.6 Å². The third-order valence-electron chi connectivity index (χ3n) is 2.57. The van der Waals surface area contributed by atoms with E-state index in [1.807, 2.05) is 0 Å². The summed E-state index contributed by atoms with van der Waals surface area (Å²) in [6.07, 6.45) is 1.46. The zero-order valence-electron chi connectivity index (χ0n) is 8.86. The number of rotatable bonds is 3. The Morgan fingerprint density at radius 1 is 1.50 bits per heavy atom. The van der Waals surface area contributed by atoms with Gasteiger partial charge in [0.1, 0.15) is 11.6 Å². The van der Waals surface area contributed by atoms with Crippen LogP contribution in [0.3, 0.4) is 0 Å². The number of carbonyl (C=O) groups is 1. The largest absolute Gasteiger partial charge is 0.396 e. The molecule has 2 heterocycles. The summed E-state index contributed by atoms with van der Waals surface area (Å²) in [7, 11) is 0. The van der Waals surface area contributed by atoms with Crippen molar-refractivity contribution in [1.82, 2.24) is 10.3 Å². The van der Waals surface area contributed by atoms with Crippen molar-refractivity contribution in [2.24, 2.45) is 0 Å². The van der Waals surface area contributed by atoms with E-state index in [-0.39, 0.29) is 11.9 Å². The van der Waals surface area contributed by atoms with Gasteiger partial charge in [-0.3, -0.25) is 4.79 Å². The second kappa shape index (κ2) is 4.26. The lowest BCUT2D eigenvalue weighted by atomic mass is 10.2. The van der Waals surface area contributed by atoms with Crippen LogP contribution in [0.15, 0.2) is 12.1 Å². The van der Waals surface area contributed by atoms with E-state index in [1.54, 1.807) is 12.1 Å². The molecule has 6 N–H and O–H groups in total. The fourth-order valence-electron chi connectivity index (χ4n) is 1.64. The van der Waals surface area contributed by atoms with E-state index in [1.165, 1.54) is 0 Å². The van der Waals surface area contributed by atoms with Crippen molar-refractivity contribution in [3.63, 3.8) is 0 Å². The summed E-state index contributed by atoms with van der Waals surface area (Å²) in [6, 6.07) is 3.65. The molecule has 1 atom stereocenters. The summed E-state index contributed by atoms with van der Waals surface area (Å²) in [6.45, 7) is 0.655. The maximum atomic E-state index is 11.0. The second-order valence-electron chi connectivity index (χ2n) is 3.85. The lowest BCUT2D eigenvalue weighted by Crippen LogP contribution is -2.32. The molecule has 6 heteroatoms. The summed E-state index contributed by atoms with van der Waals surface area (Å²) >= 11 is 0. The van der Waals surface area contributed by atoms with Crippen molar-refractivity contribution < 1.29 is 4.79 Å². The van der Waals surface area contributed by atoms with Gasteiger partial charge in [-0.15, -0.1) is 0 Å². The third-order valence-corrected chi connectivity index (χ3v) is 2.57. The van der Waals surface area contributed by atoms with Crippen LogP contribution in [0, 0.1) is 0 Å². The molecule has 1 aromatic heterocycles. The van der Waals surface area contributed by atoms with Gasteiger partial charge >= 0.3 is 0 Å². The van der Waals surface area contributed by atoms with E-state index in [0.29, 0.717) is 30.3 Å². The van der Waals surface area contributed by atoms with Gasteiger partial charge in [0.15, 0.2) is 0 Å². The Morgan fingerprint density at radius 2 is 2.31 bits per heavy atom. The van der Waals surface area contributed by atoms with E-state index in [4.69, 9.17) is 11.5 Å². The highest BCUT2D eigenvalue weighted by Crippen LogP contribution is 2.15. The van der Waals surface area contributed by atoms with Gasteiger partial charge in [0.2, 0.25) is 5.91 Å². The van der Waals surface area contributed by atoms with Gasteiger partial charge in [-0.2, -0.15) is 0 Å². The molecule has 1 amide bonds. The van der Waals surface area contributed by atoms with Gasteiger partial charge < -0.3 is 22.1 Å². The van der Waals surface area contributed by atoms with Gasteiger partial charge in [-0.25, -0.2) is 4.98 Å². The number of carbonyl (C=O) groups excluding carboxylic acids is 1. The van der Waals surface area contributed by atoms with Gasteiger partial charge in [0, 0.05) is 19.0 Å². The van der Waals surface area contributed by atoms with Crippen LogP contribution in [0.5, 0.6) is 0 Å². The second-order valence-corrected chi connectivity index (χ2v) is 3.85. The van der Waals surface area contributed by atoms with Crippen LogP contribution in [0.1, 0.15) is 12.8 Å². The molecular weight excluding hydrogens is 206 g/mol. The molecule has 0 radical (unpaired) electrons. The van der Waals surface area contributed by atoms with Crippen molar-refractivity contribution in [1.29, 1.82) is 0 Å². The van der Waals surface area contributed by atoms with Crippen LogP contribution in [0.25, 0.3) is 0 Å². The van der Waals surface area contributed by atoms with Crippen LogP contribution in [0.2, 0.25) is 0 Å². The summed E-state index contributed by atoms with van der Waals surface area (Å²) in [4.78, 5) is 15.1. The van der Waals surface area contributed by atoms with Crippen LogP contribution >= 0.6 is 0 Å². The van der Waals surface area contributed by atoms with Crippen molar-refractivity contribution in [3.8, 4) is 0 Å². The minimum absolute atomic E-state index is 0.108. The topological polar surface area (TPSA) is 106 Å². The molecule has 0 spiro atoms. The average Bonchev–Trinajstić information content (AvgIpc) is 2.66. The fraction of sp³-hybridized carbons (Fsp3) is 0.400. The minimum Gasteiger partial charge on any atom is -0.396 e. The highest BCUT2D eigenvalue weighted by Gasteiger charge is 2.20. The van der Waals surface area contributed by atoms with Gasteiger partial charge in [0.25, 0.3) is 0 Å². The van der Waals surface area contributed by atoms with E-state index < -0.39 is 0 Å². The van der Waals surface area contributed by atoms with Gasteiger partial charge in [-0.1, -0.05) is 0 Å². The molecule has 0 aliphatic carbocycles. The van der Waals surface area contributed by atoms with Crippen LogP contribution in [0.4, 0.5) is 17.3 Å². The lowest BCUT2D eigenvalue weighted by Gasteiger charge is -2.12. The van der Waals surface area contributed by atoms with Crippen LogP contribution in [-0.4, -0.2) is 23.5 Å². The highest BCUT2D eigenvalue weighted by molar-refractivity contribution is 5.78. The Labute approximate surface area is 93.4 Å². The first-order valence-corrected chi connectivity index (χ1v) is 5.20. The third kappa shape index (κ3) is 2.33. The molecule has 6 nitrogen and oxygen atoms in total. The SMILES string of the molecule is Nc1ccc(NCC2CCC(=O)N2)nc1N. The minimum atomic E-state index is 0.108. The molecule has 1 aromatic rings. The number of pyridine rings is 1. The van der Waals surface area contributed by atoms with Gasteiger partial charge in [-0.05, 0) is 18.6 Å². The number of amides is 1. The Kier molecular flexibility index (Phi) is 2.80. The predicted octanol–water partition coefficient (Wildman–Crippen LogP) is -0.0635. The standard InChI is InChI=1S/C10H15N5O/c11-7-2-3-8(15-10(7)12)13-5-6-1-4-9(16)14-6/h2-3,6H,1,4-5,11H2,(H,14,16)(H3,12,13,15). The number of nitrogens with one attached hydrogen (secondary N) is 2. The molecule has 1 aliphatic heterocycles. The quantitative estimate of drug-likeness (QED) is 0.572. The average molecular weight is 221 g/mol. The zero-order chi connectivity index (χ0) is 11.5. The first kappa shape index (κ1) is 10.5. The molecular formula is C10H15N5O. The summed E-state index contributed by atoms with van der Waals surface area (Å²) in [5, 5.41) is 5.98. The Morgan fingerprint density at radius 3 is 2.94 bits per heavy atom. The zero-order valence-corrected chi connectivity index (χ0v) is 8.86. The molecule has 86 valence electrons. The predicted molar refractivity (Wildman–Crippen MR) is 62.7 cm³/mol. The summed E-state index contributed by atoms with van der Waals surface area (Å²) in [5.41, 5.74) is 11.6. The lowest BCUT2D eigenvalue weighted by molar-refractivity contribution is -0.119. The number of aromatic nitrogens is 1. The molecule has 0 bridgehead atoms. The molecule has 1 saturated heterocycles. The number of nitrogens with zero attached hydrogens (tertiary/aromatic N) is 1. The van der Waals surface area contributed by atoms with Crippen molar-refractivity contribution >= 4 is 23.2 Å². The monoisotopic (exact) mass is 221 g/mol. The number of nitrogens with two attached hydrogens (primary N) is 2. The number of hydrogen-bond donors (Lipinski definition) is 4. The Balaban J connectivity index is 1.89. The molecule has 1 fully saturated rings. The van der Waals surface area contributed by atoms with E-state index in [0.717, 1.165) is 6.42 Å². The number of anilines is 3. The summed E-state index contributed by atoms with van der Waals surface area (Å²) in [5.74, 6) is 1.10. The normalized spacial score (nSPS) is 19.5. The molecule has 0 saturated carbocycles. The van der Waals surface area contributed by atoms with Gasteiger partial charge in [0.05, 0.1) is 5.69 Å². The molecule has 0 aromatic carbocycles. The number of hydrogen-bond acceptors (Lipinski definition) is 5. The smallest absolute Gasteiger partial charge is 0.220 e.